The van der Waals surface area contributed by atoms with E-state index in [-0.39, 0.29) is 22.4 Å². The molecule has 3 aromatic rings. The number of benzene rings is 1. The van der Waals surface area contributed by atoms with Gasteiger partial charge in [-0.1, -0.05) is 0 Å². The van der Waals surface area contributed by atoms with Gasteiger partial charge in [0.15, 0.2) is 0 Å². The van der Waals surface area contributed by atoms with Crippen LogP contribution in [0.15, 0.2) is 52.6 Å². The van der Waals surface area contributed by atoms with Crippen LogP contribution >= 0.6 is 0 Å². The number of nitrogens with zero attached hydrogens (tertiary/aromatic N) is 4. The average molecular weight is 338 g/mol. The first-order valence-corrected chi connectivity index (χ1v) is 6.96. The lowest BCUT2D eigenvalue weighted by molar-refractivity contribution is -0.384. The first-order valence-electron chi connectivity index (χ1n) is 6.96. The zero-order valence-corrected chi connectivity index (χ0v) is 12.5. The van der Waals surface area contributed by atoms with E-state index in [0.717, 1.165) is 11.6 Å². The second-order valence-corrected chi connectivity index (χ2v) is 4.85. The molecule has 0 aliphatic carbocycles. The van der Waals surface area contributed by atoms with Crippen molar-refractivity contribution < 1.29 is 9.72 Å². The van der Waals surface area contributed by atoms with Gasteiger partial charge >= 0.3 is 5.91 Å². The molecule has 10 heteroatoms. The van der Waals surface area contributed by atoms with Gasteiger partial charge in [0.1, 0.15) is 0 Å². The van der Waals surface area contributed by atoms with Crippen molar-refractivity contribution in [2.45, 2.75) is 0 Å². The van der Waals surface area contributed by atoms with E-state index >= 15 is 0 Å². The van der Waals surface area contributed by atoms with Crippen LogP contribution in [0, 0.1) is 10.1 Å². The Hall–Kier alpha value is -3.95. The molecular weight excluding hydrogens is 328 g/mol. The fourth-order valence-electron chi connectivity index (χ4n) is 2.02. The van der Waals surface area contributed by atoms with Gasteiger partial charge in [0.2, 0.25) is 5.82 Å². The van der Waals surface area contributed by atoms with Gasteiger partial charge in [0.05, 0.1) is 22.0 Å². The van der Waals surface area contributed by atoms with E-state index < -0.39 is 16.4 Å². The lowest BCUT2D eigenvalue weighted by atomic mass is 10.2. The molecular formula is C15H10N6O4. The highest BCUT2D eigenvalue weighted by molar-refractivity contribution is 5.93. The summed E-state index contributed by atoms with van der Waals surface area (Å²) in [5.41, 5.74) is 2.23. The zero-order valence-electron chi connectivity index (χ0n) is 12.5. The average Bonchev–Trinajstić information content (AvgIpc) is 2.62. The van der Waals surface area contributed by atoms with Crippen LogP contribution < -0.4 is 11.0 Å². The van der Waals surface area contributed by atoms with E-state index in [4.69, 9.17) is 0 Å². The quantitative estimate of drug-likeness (QED) is 0.412. The highest BCUT2D eigenvalue weighted by Gasteiger charge is 2.14. The van der Waals surface area contributed by atoms with E-state index in [9.17, 15) is 19.7 Å². The molecule has 2 N–H and O–H groups in total. The maximum atomic E-state index is 12.0. The predicted molar refractivity (Wildman–Crippen MR) is 88.3 cm³/mol. The molecule has 0 atom stereocenters. The van der Waals surface area contributed by atoms with Gasteiger partial charge in [0.25, 0.3) is 11.2 Å². The SMILES string of the molecule is O=C(NN=Cc1ccncc1)c1nc2ccc([N+](=O)[O-])cc2c(=O)[nH]1. The van der Waals surface area contributed by atoms with Gasteiger partial charge in [-0.05, 0) is 23.8 Å². The number of nitro benzene ring substituents is 1. The van der Waals surface area contributed by atoms with Crippen molar-refractivity contribution in [1.29, 1.82) is 0 Å². The fourth-order valence-corrected chi connectivity index (χ4v) is 2.02. The normalized spacial score (nSPS) is 10.9. The maximum absolute atomic E-state index is 12.0. The van der Waals surface area contributed by atoms with Gasteiger partial charge in [-0.15, -0.1) is 0 Å². The Morgan fingerprint density at radius 3 is 2.76 bits per heavy atom. The van der Waals surface area contributed by atoms with Crippen molar-refractivity contribution in [2.75, 3.05) is 0 Å². The Kier molecular flexibility index (Phi) is 4.24. The predicted octanol–water partition coefficient (Wildman–Crippen LogP) is 0.990. The first kappa shape index (κ1) is 15.9. The summed E-state index contributed by atoms with van der Waals surface area (Å²) < 4.78 is 0. The number of H-pyrrole nitrogens is 1. The number of aromatic amines is 1. The Balaban J connectivity index is 1.85. The van der Waals surface area contributed by atoms with Crippen molar-refractivity contribution in [3.63, 3.8) is 0 Å². The van der Waals surface area contributed by atoms with E-state index in [1.54, 1.807) is 24.5 Å². The summed E-state index contributed by atoms with van der Waals surface area (Å²) in [6, 6.07) is 7.00. The first-order chi connectivity index (χ1) is 12.0. The number of hydrogen-bond donors (Lipinski definition) is 2. The van der Waals surface area contributed by atoms with Crippen molar-refractivity contribution in [2.24, 2.45) is 5.10 Å². The smallest absolute Gasteiger partial charge is 0.302 e. The minimum absolute atomic E-state index is 0.0195. The number of aromatic nitrogens is 3. The van der Waals surface area contributed by atoms with Crippen LogP contribution in [-0.2, 0) is 0 Å². The number of amides is 1. The molecule has 0 unspecified atom stereocenters. The molecule has 25 heavy (non-hydrogen) atoms. The zero-order chi connectivity index (χ0) is 17.8. The van der Waals surface area contributed by atoms with E-state index in [1.165, 1.54) is 18.3 Å². The van der Waals surface area contributed by atoms with E-state index in [0.29, 0.717) is 0 Å². The highest BCUT2D eigenvalue weighted by atomic mass is 16.6. The van der Waals surface area contributed by atoms with E-state index in [1.807, 2.05) is 0 Å². The topological polar surface area (TPSA) is 143 Å². The number of rotatable bonds is 4. The Bertz CT molecular complexity index is 1040. The largest absolute Gasteiger partial charge is 0.307 e. The molecule has 0 aliphatic heterocycles. The molecule has 124 valence electrons. The highest BCUT2D eigenvalue weighted by Crippen LogP contribution is 2.16. The standard InChI is InChI=1S/C15H10N6O4/c22-14-11-7-10(21(24)25)1-2-12(11)18-13(19-14)15(23)20-17-8-9-3-5-16-6-4-9/h1-8H,(H,20,23)(H,18,19,22). The van der Waals surface area contributed by atoms with Crippen LogP contribution in [0.3, 0.4) is 0 Å². The summed E-state index contributed by atoms with van der Waals surface area (Å²) in [4.78, 5) is 44.3. The number of pyridine rings is 1. The molecule has 0 spiro atoms. The van der Waals surface area contributed by atoms with Crippen molar-refractivity contribution in [3.8, 4) is 0 Å². The Morgan fingerprint density at radius 2 is 2.04 bits per heavy atom. The number of nitrogens with one attached hydrogen (secondary N) is 2. The number of nitro groups is 1. The molecule has 2 heterocycles. The van der Waals surface area contributed by atoms with Crippen LogP contribution in [0.1, 0.15) is 16.2 Å². The minimum atomic E-state index is -0.720. The monoisotopic (exact) mass is 338 g/mol. The number of hydrogen-bond acceptors (Lipinski definition) is 7. The summed E-state index contributed by atoms with van der Waals surface area (Å²) in [7, 11) is 0. The van der Waals surface area contributed by atoms with Crippen LogP contribution in [-0.4, -0.2) is 32.0 Å². The number of carbonyl (C=O) groups excluding carboxylic acids is 1. The molecule has 0 saturated heterocycles. The second kappa shape index (κ2) is 6.66. The summed E-state index contributed by atoms with van der Waals surface area (Å²) in [6.07, 6.45) is 4.55. The molecule has 0 fully saturated rings. The van der Waals surface area contributed by atoms with Crippen molar-refractivity contribution in [1.82, 2.24) is 20.4 Å². The summed E-state index contributed by atoms with van der Waals surface area (Å²) in [5.74, 6) is -0.971. The molecule has 2 aromatic heterocycles. The molecule has 3 rings (SSSR count). The number of hydrazone groups is 1. The van der Waals surface area contributed by atoms with Crippen LogP contribution in [0.5, 0.6) is 0 Å². The van der Waals surface area contributed by atoms with Gasteiger partial charge in [-0.25, -0.2) is 10.4 Å². The minimum Gasteiger partial charge on any atom is -0.302 e. The third kappa shape index (κ3) is 3.52. The van der Waals surface area contributed by atoms with Crippen LogP contribution in [0.4, 0.5) is 5.69 Å². The summed E-state index contributed by atoms with van der Waals surface area (Å²) in [6.45, 7) is 0. The van der Waals surface area contributed by atoms with Crippen molar-refractivity contribution >= 4 is 28.7 Å². The molecule has 0 saturated carbocycles. The Morgan fingerprint density at radius 1 is 1.28 bits per heavy atom. The third-order valence-corrected chi connectivity index (χ3v) is 3.20. The molecule has 0 bridgehead atoms. The van der Waals surface area contributed by atoms with Gasteiger partial charge in [0, 0.05) is 24.5 Å². The molecule has 0 aliphatic rings. The van der Waals surface area contributed by atoms with Crippen molar-refractivity contribution in [3.05, 3.63) is 74.6 Å². The molecule has 10 nitrogen and oxygen atoms in total. The number of carbonyl (C=O) groups is 1. The molecule has 1 amide bonds. The summed E-state index contributed by atoms with van der Waals surface area (Å²) in [5, 5.41) is 14.5. The van der Waals surface area contributed by atoms with Gasteiger partial charge in [-0.2, -0.15) is 5.10 Å². The second-order valence-electron chi connectivity index (χ2n) is 4.85. The maximum Gasteiger partial charge on any atom is 0.307 e. The Labute approximate surface area is 139 Å². The van der Waals surface area contributed by atoms with Gasteiger partial charge in [-0.3, -0.25) is 24.7 Å². The summed E-state index contributed by atoms with van der Waals surface area (Å²) >= 11 is 0. The third-order valence-electron chi connectivity index (χ3n) is 3.20. The molecule has 1 aromatic carbocycles. The lowest BCUT2D eigenvalue weighted by Crippen LogP contribution is -2.24. The van der Waals surface area contributed by atoms with Gasteiger partial charge < -0.3 is 4.98 Å². The molecule has 0 radical (unpaired) electrons. The lowest BCUT2D eigenvalue weighted by Gasteiger charge is -2.02. The van der Waals surface area contributed by atoms with Crippen LogP contribution in [0.2, 0.25) is 0 Å². The fraction of sp³-hybridized carbons (Fsp3) is 0. The number of fused-ring (bicyclic) bond motifs is 1. The van der Waals surface area contributed by atoms with E-state index in [2.05, 4.69) is 25.5 Å². The number of non-ortho nitro benzene ring substituents is 1. The van der Waals surface area contributed by atoms with Crippen LogP contribution in [0.25, 0.3) is 10.9 Å².